The topological polar surface area (TPSA) is 58.2 Å². The standard InChI is InChI=1S/C19H16N2O2/c1-13(22)15-8-4-9-16(12-15)20-19(23)21-18-11-5-7-14-6-2-3-10-17(14)18/h2-12H,1H3,(H2,20,21,23). The number of urea groups is 1. The molecule has 0 spiro atoms. The number of anilines is 2. The van der Waals surface area contributed by atoms with Crippen LogP contribution < -0.4 is 10.6 Å². The number of hydrogen-bond acceptors (Lipinski definition) is 2. The molecule has 0 heterocycles. The first-order valence-corrected chi connectivity index (χ1v) is 7.30. The third kappa shape index (κ3) is 3.37. The van der Waals surface area contributed by atoms with Gasteiger partial charge in [0.1, 0.15) is 0 Å². The van der Waals surface area contributed by atoms with E-state index in [0.717, 1.165) is 16.5 Å². The highest BCUT2D eigenvalue weighted by Crippen LogP contribution is 2.23. The number of hydrogen-bond donors (Lipinski definition) is 2. The number of Topliss-reactive ketones (excluding diaryl/α,β-unsaturated/α-hetero) is 1. The molecule has 0 unspecified atom stereocenters. The lowest BCUT2D eigenvalue weighted by molar-refractivity contribution is 0.101. The number of amides is 2. The SMILES string of the molecule is CC(=O)c1cccc(NC(=O)Nc2cccc3ccccc23)c1. The summed E-state index contributed by atoms with van der Waals surface area (Å²) in [7, 11) is 0. The van der Waals surface area contributed by atoms with E-state index in [9.17, 15) is 9.59 Å². The molecule has 0 atom stereocenters. The van der Waals surface area contributed by atoms with Crippen LogP contribution in [0.25, 0.3) is 10.8 Å². The molecule has 0 aliphatic heterocycles. The van der Waals surface area contributed by atoms with Crippen LogP contribution in [0.5, 0.6) is 0 Å². The van der Waals surface area contributed by atoms with Crippen molar-refractivity contribution in [2.45, 2.75) is 6.92 Å². The second-order valence-corrected chi connectivity index (χ2v) is 5.24. The maximum atomic E-state index is 12.2. The lowest BCUT2D eigenvalue weighted by Crippen LogP contribution is -2.19. The van der Waals surface area contributed by atoms with Crippen molar-refractivity contribution < 1.29 is 9.59 Å². The molecule has 3 aromatic rings. The number of carbonyl (C=O) groups excluding carboxylic acids is 2. The molecule has 0 bridgehead atoms. The van der Waals surface area contributed by atoms with Gasteiger partial charge in [0.2, 0.25) is 0 Å². The van der Waals surface area contributed by atoms with E-state index in [1.165, 1.54) is 6.92 Å². The van der Waals surface area contributed by atoms with Gasteiger partial charge < -0.3 is 10.6 Å². The van der Waals surface area contributed by atoms with Crippen molar-refractivity contribution in [2.24, 2.45) is 0 Å². The molecule has 23 heavy (non-hydrogen) atoms. The van der Waals surface area contributed by atoms with Crippen LogP contribution in [0, 0.1) is 0 Å². The van der Waals surface area contributed by atoms with Crippen molar-refractivity contribution in [3.05, 3.63) is 72.3 Å². The maximum absolute atomic E-state index is 12.2. The van der Waals surface area contributed by atoms with Gasteiger partial charge in [0.05, 0.1) is 5.69 Å². The van der Waals surface area contributed by atoms with Crippen LogP contribution in [0.4, 0.5) is 16.2 Å². The first-order valence-electron chi connectivity index (χ1n) is 7.30. The van der Waals surface area contributed by atoms with Crippen molar-refractivity contribution in [1.29, 1.82) is 0 Å². The third-order valence-electron chi connectivity index (χ3n) is 3.56. The second-order valence-electron chi connectivity index (χ2n) is 5.24. The van der Waals surface area contributed by atoms with E-state index in [1.807, 2.05) is 42.5 Å². The zero-order valence-corrected chi connectivity index (χ0v) is 12.7. The third-order valence-corrected chi connectivity index (χ3v) is 3.56. The minimum absolute atomic E-state index is 0.0388. The summed E-state index contributed by atoms with van der Waals surface area (Å²) in [5.74, 6) is -0.0388. The van der Waals surface area contributed by atoms with Gasteiger partial charge in [-0.1, -0.05) is 48.5 Å². The number of ketones is 1. The first-order chi connectivity index (χ1) is 11.1. The van der Waals surface area contributed by atoms with Gasteiger partial charge in [-0.05, 0) is 30.5 Å². The first kappa shape index (κ1) is 14.8. The maximum Gasteiger partial charge on any atom is 0.323 e. The predicted octanol–water partition coefficient (Wildman–Crippen LogP) is 4.69. The Hall–Kier alpha value is -3.14. The summed E-state index contributed by atoms with van der Waals surface area (Å²) < 4.78 is 0. The van der Waals surface area contributed by atoms with E-state index >= 15 is 0 Å². The Morgan fingerprint density at radius 3 is 2.39 bits per heavy atom. The van der Waals surface area contributed by atoms with Crippen molar-refractivity contribution in [2.75, 3.05) is 10.6 Å². The molecule has 3 aromatic carbocycles. The largest absolute Gasteiger partial charge is 0.323 e. The Balaban J connectivity index is 1.79. The van der Waals surface area contributed by atoms with Crippen LogP contribution in [0.15, 0.2) is 66.7 Å². The Kier molecular flexibility index (Phi) is 4.06. The van der Waals surface area contributed by atoms with Crippen LogP contribution in [-0.2, 0) is 0 Å². The average molecular weight is 304 g/mol. The molecule has 0 aliphatic carbocycles. The quantitative estimate of drug-likeness (QED) is 0.690. The van der Waals surface area contributed by atoms with Crippen molar-refractivity contribution >= 4 is 34.0 Å². The molecule has 0 aliphatic rings. The minimum Gasteiger partial charge on any atom is -0.308 e. The normalized spacial score (nSPS) is 10.3. The lowest BCUT2D eigenvalue weighted by Gasteiger charge is -2.10. The molecular formula is C19H16N2O2. The molecule has 0 fully saturated rings. The highest BCUT2D eigenvalue weighted by Gasteiger charge is 2.07. The highest BCUT2D eigenvalue weighted by molar-refractivity contribution is 6.06. The fourth-order valence-corrected chi connectivity index (χ4v) is 2.44. The molecule has 0 saturated heterocycles. The zero-order valence-electron chi connectivity index (χ0n) is 12.7. The number of carbonyl (C=O) groups is 2. The summed E-state index contributed by atoms with van der Waals surface area (Å²) in [5, 5.41) is 7.63. The van der Waals surface area contributed by atoms with Crippen LogP contribution in [0.2, 0.25) is 0 Å². The molecule has 0 saturated carbocycles. The molecular weight excluding hydrogens is 288 g/mol. The highest BCUT2D eigenvalue weighted by atomic mass is 16.2. The van der Waals surface area contributed by atoms with E-state index in [2.05, 4.69) is 10.6 Å². The number of benzene rings is 3. The van der Waals surface area contributed by atoms with Gasteiger partial charge >= 0.3 is 6.03 Å². The monoisotopic (exact) mass is 304 g/mol. The molecule has 0 radical (unpaired) electrons. The van der Waals surface area contributed by atoms with E-state index in [-0.39, 0.29) is 11.8 Å². The summed E-state index contributed by atoms with van der Waals surface area (Å²) >= 11 is 0. The summed E-state index contributed by atoms with van der Waals surface area (Å²) in [6.07, 6.45) is 0. The fourth-order valence-electron chi connectivity index (χ4n) is 2.44. The van der Waals surface area contributed by atoms with Gasteiger partial charge in [-0.25, -0.2) is 4.79 Å². The second kappa shape index (κ2) is 6.32. The number of nitrogens with one attached hydrogen (secondary N) is 2. The van der Waals surface area contributed by atoms with Gasteiger partial charge in [0.25, 0.3) is 0 Å². The number of fused-ring (bicyclic) bond motifs is 1. The molecule has 4 heteroatoms. The molecule has 2 N–H and O–H groups in total. The predicted molar refractivity (Wildman–Crippen MR) is 93.0 cm³/mol. The number of rotatable bonds is 3. The average Bonchev–Trinajstić information content (AvgIpc) is 2.55. The van der Waals surface area contributed by atoms with Crippen molar-refractivity contribution in [3.63, 3.8) is 0 Å². The van der Waals surface area contributed by atoms with Gasteiger partial charge in [0, 0.05) is 16.6 Å². The van der Waals surface area contributed by atoms with E-state index in [4.69, 9.17) is 0 Å². The minimum atomic E-state index is -0.345. The summed E-state index contributed by atoms with van der Waals surface area (Å²) in [6.45, 7) is 1.50. The van der Waals surface area contributed by atoms with Gasteiger partial charge in [0.15, 0.2) is 5.78 Å². The molecule has 2 amide bonds. The van der Waals surface area contributed by atoms with Crippen molar-refractivity contribution in [3.8, 4) is 0 Å². The summed E-state index contributed by atoms with van der Waals surface area (Å²) in [4.78, 5) is 23.6. The van der Waals surface area contributed by atoms with Gasteiger partial charge in [-0.3, -0.25) is 4.79 Å². The van der Waals surface area contributed by atoms with Crippen LogP contribution in [0.1, 0.15) is 17.3 Å². The molecule has 3 rings (SSSR count). The smallest absolute Gasteiger partial charge is 0.308 e. The molecule has 0 aromatic heterocycles. The summed E-state index contributed by atoms with van der Waals surface area (Å²) in [5.41, 5.74) is 1.88. The van der Waals surface area contributed by atoms with E-state index in [1.54, 1.807) is 24.3 Å². The Labute approximate surface area is 134 Å². The van der Waals surface area contributed by atoms with Crippen LogP contribution >= 0.6 is 0 Å². The van der Waals surface area contributed by atoms with E-state index in [0.29, 0.717) is 11.3 Å². The van der Waals surface area contributed by atoms with Crippen molar-refractivity contribution in [1.82, 2.24) is 0 Å². The lowest BCUT2D eigenvalue weighted by atomic mass is 10.1. The summed E-state index contributed by atoms with van der Waals surface area (Å²) in [6, 6.07) is 20.1. The molecule has 4 nitrogen and oxygen atoms in total. The molecule has 114 valence electrons. The van der Waals surface area contributed by atoms with E-state index < -0.39 is 0 Å². The van der Waals surface area contributed by atoms with Gasteiger partial charge in [-0.2, -0.15) is 0 Å². The van der Waals surface area contributed by atoms with Gasteiger partial charge in [-0.15, -0.1) is 0 Å². The Morgan fingerprint density at radius 2 is 1.57 bits per heavy atom. The zero-order chi connectivity index (χ0) is 16.2. The van der Waals surface area contributed by atoms with Crippen LogP contribution in [0.3, 0.4) is 0 Å². The Morgan fingerprint density at radius 1 is 0.826 bits per heavy atom. The van der Waals surface area contributed by atoms with Crippen LogP contribution in [-0.4, -0.2) is 11.8 Å². The Bertz CT molecular complexity index is 882. The fraction of sp³-hybridized carbons (Fsp3) is 0.0526.